The van der Waals surface area contributed by atoms with Gasteiger partial charge in [-0.25, -0.2) is 0 Å². The predicted molar refractivity (Wildman–Crippen MR) is 70.2 cm³/mol. The average Bonchev–Trinajstić information content (AvgIpc) is 2.40. The lowest BCUT2D eigenvalue weighted by molar-refractivity contribution is -0.135. The lowest BCUT2D eigenvalue weighted by atomic mass is 10.0. The minimum Gasteiger partial charge on any atom is -0.367 e. The molecule has 1 aromatic carbocycles. The van der Waals surface area contributed by atoms with Crippen molar-refractivity contribution >= 4 is 5.91 Å². The second kappa shape index (κ2) is 5.98. The summed E-state index contributed by atoms with van der Waals surface area (Å²) in [5, 5.41) is 0. The maximum Gasteiger partial charge on any atom is 0.247 e. The van der Waals surface area contributed by atoms with Gasteiger partial charge in [-0.1, -0.05) is 37.3 Å². The van der Waals surface area contributed by atoms with E-state index in [0.29, 0.717) is 19.1 Å². The van der Waals surface area contributed by atoms with Crippen LogP contribution in [0.4, 0.5) is 0 Å². The number of carbonyl (C=O) groups excluding carboxylic acids is 1. The maximum atomic E-state index is 11.1. The molecule has 2 rings (SSSR count). The number of amides is 1. The van der Waals surface area contributed by atoms with Crippen molar-refractivity contribution in [1.82, 2.24) is 4.90 Å². The van der Waals surface area contributed by atoms with Gasteiger partial charge in [0.2, 0.25) is 5.91 Å². The summed E-state index contributed by atoms with van der Waals surface area (Å²) in [4.78, 5) is 13.4. The molecule has 1 aliphatic rings. The molecule has 1 fully saturated rings. The molecule has 0 radical (unpaired) electrons. The van der Waals surface area contributed by atoms with Gasteiger partial charge in [0.1, 0.15) is 6.10 Å². The van der Waals surface area contributed by atoms with E-state index in [1.165, 1.54) is 5.56 Å². The molecule has 1 aromatic rings. The van der Waals surface area contributed by atoms with Crippen molar-refractivity contribution in [3.63, 3.8) is 0 Å². The van der Waals surface area contributed by atoms with Gasteiger partial charge < -0.3 is 10.5 Å². The van der Waals surface area contributed by atoms with Crippen molar-refractivity contribution < 1.29 is 9.53 Å². The molecule has 0 aliphatic carbocycles. The minimum absolute atomic E-state index is 0.368. The van der Waals surface area contributed by atoms with Crippen LogP contribution < -0.4 is 5.73 Å². The van der Waals surface area contributed by atoms with Gasteiger partial charge in [-0.05, 0) is 11.5 Å². The molecule has 0 unspecified atom stereocenters. The van der Waals surface area contributed by atoms with E-state index in [2.05, 4.69) is 36.1 Å². The summed E-state index contributed by atoms with van der Waals surface area (Å²) in [5.74, 6) is 0.0740. The molecule has 4 nitrogen and oxygen atoms in total. The first-order valence-corrected chi connectivity index (χ1v) is 6.35. The van der Waals surface area contributed by atoms with Gasteiger partial charge in [0.05, 0.1) is 6.61 Å². The molecule has 1 saturated heterocycles. The van der Waals surface area contributed by atoms with Crippen molar-refractivity contribution in [2.75, 3.05) is 26.2 Å². The van der Waals surface area contributed by atoms with Crippen molar-refractivity contribution in [2.45, 2.75) is 18.9 Å². The van der Waals surface area contributed by atoms with Gasteiger partial charge in [-0.2, -0.15) is 0 Å². The van der Waals surface area contributed by atoms with Gasteiger partial charge in [-0.15, -0.1) is 0 Å². The number of rotatable bonds is 4. The van der Waals surface area contributed by atoms with Crippen LogP contribution in [-0.4, -0.2) is 43.2 Å². The van der Waals surface area contributed by atoms with E-state index >= 15 is 0 Å². The van der Waals surface area contributed by atoms with Crippen molar-refractivity contribution in [2.24, 2.45) is 5.73 Å². The smallest absolute Gasteiger partial charge is 0.247 e. The highest BCUT2D eigenvalue weighted by atomic mass is 16.5. The Bertz CT molecular complexity index is 394. The van der Waals surface area contributed by atoms with Crippen molar-refractivity contribution in [3.8, 4) is 0 Å². The van der Waals surface area contributed by atoms with Crippen LogP contribution >= 0.6 is 0 Å². The third-order valence-corrected chi connectivity index (χ3v) is 3.37. The standard InChI is InChI=1S/C14H20N2O2/c1-11(12-5-3-2-4-6-12)9-16-7-8-18-13(10-16)14(15)17/h2-6,11,13H,7-10H2,1H3,(H2,15,17)/t11-,13+/m0/s1. The van der Waals surface area contributed by atoms with Crippen LogP contribution in [0.2, 0.25) is 0 Å². The SMILES string of the molecule is C[C@@H](CN1CCO[C@@H](C(N)=O)C1)c1ccccc1. The number of benzene rings is 1. The Morgan fingerprint density at radius 1 is 1.50 bits per heavy atom. The van der Waals surface area contributed by atoms with Gasteiger partial charge in [0.15, 0.2) is 0 Å². The fourth-order valence-corrected chi connectivity index (χ4v) is 2.31. The van der Waals surface area contributed by atoms with E-state index < -0.39 is 6.10 Å². The highest BCUT2D eigenvalue weighted by Crippen LogP contribution is 2.17. The molecule has 0 aromatic heterocycles. The number of carbonyl (C=O) groups is 1. The van der Waals surface area contributed by atoms with E-state index in [1.807, 2.05) is 6.07 Å². The van der Waals surface area contributed by atoms with Crippen molar-refractivity contribution in [1.29, 1.82) is 0 Å². The molecule has 4 heteroatoms. The minimum atomic E-state index is -0.457. The van der Waals surface area contributed by atoms with Crippen LogP contribution in [0, 0.1) is 0 Å². The molecule has 1 aliphatic heterocycles. The zero-order valence-electron chi connectivity index (χ0n) is 10.7. The quantitative estimate of drug-likeness (QED) is 0.864. The molecule has 0 spiro atoms. The number of nitrogens with zero attached hydrogens (tertiary/aromatic N) is 1. The van der Waals surface area contributed by atoms with Crippen LogP contribution in [0.3, 0.4) is 0 Å². The predicted octanol–water partition coefficient (Wildman–Crippen LogP) is 0.976. The zero-order chi connectivity index (χ0) is 13.0. The molecule has 0 bridgehead atoms. The van der Waals surface area contributed by atoms with E-state index in [-0.39, 0.29) is 5.91 Å². The summed E-state index contributed by atoms with van der Waals surface area (Å²) in [7, 11) is 0. The summed E-state index contributed by atoms with van der Waals surface area (Å²) < 4.78 is 5.34. The van der Waals surface area contributed by atoms with Gasteiger partial charge in [0.25, 0.3) is 0 Å². The number of morpholine rings is 1. The molecule has 1 amide bonds. The first-order chi connectivity index (χ1) is 8.66. The molecule has 0 saturated carbocycles. The monoisotopic (exact) mass is 248 g/mol. The van der Waals surface area contributed by atoms with E-state index in [1.54, 1.807) is 0 Å². The van der Waals surface area contributed by atoms with E-state index in [9.17, 15) is 4.79 Å². The highest BCUT2D eigenvalue weighted by Gasteiger charge is 2.25. The Morgan fingerprint density at radius 3 is 2.89 bits per heavy atom. The van der Waals surface area contributed by atoms with Gasteiger partial charge in [-0.3, -0.25) is 9.69 Å². The van der Waals surface area contributed by atoms with Crippen LogP contribution in [0.5, 0.6) is 0 Å². The van der Waals surface area contributed by atoms with E-state index in [0.717, 1.165) is 13.1 Å². The van der Waals surface area contributed by atoms with Crippen LogP contribution in [0.1, 0.15) is 18.4 Å². The Labute approximate surface area is 108 Å². The molecule has 98 valence electrons. The Kier molecular flexibility index (Phi) is 4.33. The first-order valence-electron chi connectivity index (χ1n) is 6.35. The topological polar surface area (TPSA) is 55.6 Å². The number of nitrogens with two attached hydrogens (primary N) is 1. The largest absolute Gasteiger partial charge is 0.367 e. The average molecular weight is 248 g/mol. The number of hydrogen-bond donors (Lipinski definition) is 1. The summed E-state index contributed by atoms with van der Waals surface area (Å²) >= 11 is 0. The van der Waals surface area contributed by atoms with Gasteiger partial charge in [0, 0.05) is 19.6 Å². The molecule has 1 heterocycles. The molecule has 2 atom stereocenters. The molecule has 2 N–H and O–H groups in total. The van der Waals surface area contributed by atoms with Crippen molar-refractivity contribution in [3.05, 3.63) is 35.9 Å². The summed E-state index contributed by atoms with van der Waals surface area (Å²) in [6.07, 6.45) is -0.457. The second-order valence-electron chi connectivity index (χ2n) is 4.83. The third kappa shape index (κ3) is 3.31. The normalized spacial score (nSPS) is 22.6. The van der Waals surface area contributed by atoms with E-state index in [4.69, 9.17) is 10.5 Å². The maximum absolute atomic E-state index is 11.1. The molecular formula is C14H20N2O2. The lowest BCUT2D eigenvalue weighted by Gasteiger charge is -2.33. The summed E-state index contributed by atoms with van der Waals surface area (Å²) in [6.45, 7) is 5.17. The van der Waals surface area contributed by atoms with Crippen LogP contribution in [0.15, 0.2) is 30.3 Å². The zero-order valence-corrected chi connectivity index (χ0v) is 10.7. The molecule has 18 heavy (non-hydrogen) atoms. The Morgan fingerprint density at radius 2 is 2.22 bits per heavy atom. The summed E-state index contributed by atoms with van der Waals surface area (Å²) in [5.41, 5.74) is 6.60. The molecular weight excluding hydrogens is 228 g/mol. The Hall–Kier alpha value is -1.39. The third-order valence-electron chi connectivity index (χ3n) is 3.37. The second-order valence-corrected chi connectivity index (χ2v) is 4.83. The summed E-state index contributed by atoms with van der Waals surface area (Å²) in [6, 6.07) is 10.4. The first kappa shape index (κ1) is 13.1. The van der Waals surface area contributed by atoms with Crippen LogP contribution in [-0.2, 0) is 9.53 Å². The fourth-order valence-electron chi connectivity index (χ4n) is 2.31. The lowest BCUT2D eigenvalue weighted by Crippen LogP contribution is -2.49. The number of hydrogen-bond acceptors (Lipinski definition) is 3. The number of primary amides is 1. The number of ether oxygens (including phenoxy) is 1. The fraction of sp³-hybridized carbons (Fsp3) is 0.500. The highest BCUT2D eigenvalue weighted by molar-refractivity contribution is 5.79. The van der Waals surface area contributed by atoms with Gasteiger partial charge >= 0.3 is 0 Å². The Balaban J connectivity index is 1.91. The van der Waals surface area contributed by atoms with Crippen LogP contribution in [0.25, 0.3) is 0 Å².